The number of anilines is 6. The molecule has 0 fully saturated rings. The quantitative estimate of drug-likeness (QED) is 0.156. The van der Waals surface area contributed by atoms with E-state index in [1.165, 1.54) is 33.0 Å². The molecule has 6 heteroatoms. The Morgan fingerprint density at radius 3 is 1.55 bits per heavy atom. The molecule has 0 unspecified atom stereocenters. The number of rotatable bonds is 6. The summed E-state index contributed by atoms with van der Waals surface area (Å²) in [5.74, 6) is 3.33. The van der Waals surface area contributed by atoms with Crippen LogP contribution in [0.4, 0.5) is 34.1 Å². The van der Waals surface area contributed by atoms with Gasteiger partial charge in [-0.15, -0.1) is 0 Å². The van der Waals surface area contributed by atoms with Crippen molar-refractivity contribution in [2.45, 2.75) is 19.3 Å². The highest BCUT2D eigenvalue weighted by Crippen LogP contribution is 2.56. The molecule has 5 nitrogen and oxygen atoms in total. The Labute approximate surface area is 388 Å². The van der Waals surface area contributed by atoms with Crippen molar-refractivity contribution in [3.63, 3.8) is 0 Å². The highest BCUT2D eigenvalue weighted by atomic mass is 16.5. The van der Waals surface area contributed by atoms with Crippen molar-refractivity contribution < 1.29 is 13.9 Å². The van der Waals surface area contributed by atoms with Gasteiger partial charge in [-0.2, -0.15) is 0 Å². The van der Waals surface area contributed by atoms with E-state index in [2.05, 4.69) is 218 Å². The fraction of sp³-hybridized carbons (Fsp3) is 0.0492. The molecule has 11 aromatic rings. The zero-order chi connectivity index (χ0) is 44.4. The van der Waals surface area contributed by atoms with Crippen molar-refractivity contribution in [2.24, 2.45) is 0 Å². The molecule has 0 bridgehead atoms. The minimum absolute atomic E-state index is 0.137. The van der Waals surface area contributed by atoms with Crippen molar-refractivity contribution in [3.05, 3.63) is 223 Å². The van der Waals surface area contributed by atoms with Gasteiger partial charge in [-0.1, -0.05) is 123 Å². The van der Waals surface area contributed by atoms with Crippen LogP contribution in [0.1, 0.15) is 25.0 Å². The Bertz CT molecular complexity index is 3720. The van der Waals surface area contributed by atoms with E-state index in [0.717, 1.165) is 95.4 Å². The Balaban J connectivity index is 0.931. The Hall–Kier alpha value is -8.48. The van der Waals surface area contributed by atoms with E-state index in [-0.39, 0.29) is 12.1 Å². The summed E-state index contributed by atoms with van der Waals surface area (Å²) in [5, 5.41) is 4.48. The molecule has 3 heterocycles. The molecule has 1 aliphatic carbocycles. The topological polar surface area (TPSA) is 38.1 Å². The van der Waals surface area contributed by atoms with Gasteiger partial charge in [0.05, 0.1) is 5.69 Å². The lowest BCUT2D eigenvalue weighted by Crippen LogP contribution is -2.57. The van der Waals surface area contributed by atoms with Crippen molar-refractivity contribution in [1.29, 1.82) is 0 Å². The molecule has 1 aromatic heterocycles. The number of fused-ring (bicyclic) bond motifs is 12. The van der Waals surface area contributed by atoms with E-state index in [1.54, 1.807) is 0 Å². The zero-order valence-corrected chi connectivity index (χ0v) is 36.9. The van der Waals surface area contributed by atoms with Crippen LogP contribution in [-0.2, 0) is 5.41 Å². The molecule has 3 aliphatic rings. The Morgan fingerprint density at radius 2 is 0.925 bits per heavy atom. The summed E-state index contributed by atoms with van der Waals surface area (Å²) in [6, 6.07) is 75.5. The maximum Gasteiger partial charge on any atom is 0.260 e. The zero-order valence-electron chi connectivity index (χ0n) is 36.9. The molecule has 0 amide bonds. The van der Waals surface area contributed by atoms with Crippen LogP contribution in [0, 0.1) is 0 Å². The number of nitrogens with zero attached hydrogens (tertiary/aromatic N) is 2. The van der Waals surface area contributed by atoms with Crippen LogP contribution < -0.4 is 35.7 Å². The van der Waals surface area contributed by atoms with Gasteiger partial charge in [0.25, 0.3) is 6.71 Å². The molecule has 0 saturated heterocycles. The van der Waals surface area contributed by atoms with E-state index < -0.39 is 0 Å². The number of para-hydroxylation sites is 4. The van der Waals surface area contributed by atoms with Crippen LogP contribution in [0.25, 0.3) is 43.8 Å². The van der Waals surface area contributed by atoms with Crippen molar-refractivity contribution in [2.75, 3.05) is 9.80 Å². The third-order valence-corrected chi connectivity index (χ3v) is 14.3. The molecule has 0 spiro atoms. The SMILES string of the molecule is CC1(C)c2cc3c(cc2-c2c1cc(N(c1ccccc1)c1ccccc1)c1ccccc21)Oc1cccc2c1B3c1cc3oc4cc(N(c5ccccc5)c5ccccc5)ccc4c3cc1O2. The second-order valence-corrected chi connectivity index (χ2v) is 18.4. The summed E-state index contributed by atoms with van der Waals surface area (Å²) in [6.07, 6.45) is 0. The van der Waals surface area contributed by atoms with Crippen LogP contribution in [0.15, 0.2) is 217 Å². The van der Waals surface area contributed by atoms with Crippen LogP contribution in [0.3, 0.4) is 0 Å². The molecule has 0 radical (unpaired) electrons. The van der Waals surface area contributed by atoms with Gasteiger partial charge < -0.3 is 23.7 Å². The van der Waals surface area contributed by atoms with Crippen LogP contribution in [-0.4, -0.2) is 6.71 Å². The monoisotopic (exact) mass is 860 g/mol. The third kappa shape index (κ3) is 5.63. The fourth-order valence-corrected chi connectivity index (χ4v) is 11.2. The molecular weight excluding hydrogens is 819 g/mol. The first-order valence-corrected chi connectivity index (χ1v) is 23.0. The van der Waals surface area contributed by atoms with Crippen molar-refractivity contribution >= 4 is 89.9 Å². The normalized spacial score (nSPS) is 13.6. The van der Waals surface area contributed by atoms with Gasteiger partial charge in [0.2, 0.25) is 0 Å². The van der Waals surface area contributed by atoms with Gasteiger partial charge in [0.15, 0.2) is 0 Å². The second kappa shape index (κ2) is 14.3. The fourth-order valence-electron chi connectivity index (χ4n) is 11.2. The minimum atomic E-state index is -0.334. The number of hydrogen-bond donors (Lipinski definition) is 0. The largest absolute Gasteiger partial charge is 0.458 e. The average Bonchev–Trinajstić information content (AvgIpc) is 3.83. The van der Waals surface area contributed by atoms with Gasteiger partial charge in [-0.05, 0) is 136 Å². The summed E-state index contributed by atoms with van der Waals surface area (Å²) in [5.41, 5.74) is 16.1. The number of ether oxygens (including phenoxy) is 2. The van der Waals surface area contributed by atoms with Crippen molar-refractivity contribution in [1.82, 2.24) is 0 Å². The predicted molar refractivity (Wildman–Crippen MR) is 276 cm³/mol. The van der Waals surface area contributed by atoms with Crippen LogP contribution in [0.5, 0.6) is 23.0 Å². The summed E-state index contributed by atoms with van der Waals surface area (Å²) < 4.78 is 20.7. The highest BCUT2D eigenvalue weighted by Gasteiger charge is 2.45. The second-order valence-electron chi connectivity index (χ2n) is 18.4. The van der Waals surface area contributed by atoms with E-state index in [4.69, 9.17) is 13.9 Å². The summed E-state index contributed by atoms with van der Waals surface area (Å²) in [6.45, 7) is 4.62. The minimum Gasteiger partial charge on any atom is -0.458 e. The molecule has 316 valence electrons. The van der Waals surface area contributed by atoms with Gasteiger partial charge in [-0.25, -0.2) is 0 Å². The van der Waals surface area contributed by atoms with Crippen molar-refractivity contribution in [3.8, 4) is 34.1 Å². The molecule has 2 aliphatic heterocycles. The smallest absolute Gasteiger partial charge is 0.260 e. The first kappa shape index (κ1) is 37.9. The van der Waals surface area contributed by atoms with Crippen LogP contribution >= 0.6 is 0 Å². The first-order chi connectivity index (χ1) is 33.0. The Kier molecular flexibility index (Phi) is 8.06. The molecule has 10 aromatic carbocycles. The predicted octanol–water partition coefficient (Wildman–Crippen LogP) is 14.7. The summed E-state index contributed by atoms with van der Waals surface area (Å²) in [4.78, 5) is 4.66. The summed E-state index contributed by atoms with van der Waals surface area (Å²) >= 11 is 0. The van der Waals surface area contributed by atoms with Gasteiger partial charge >= 0.3 is 0 Å². The highest BCUT2D eigenvalue weighted by molar-refractivity contribution is 6.98. The molecule has 0 N–H and O–H groups in total. The lowest BCUT2D eigenvalue weighted by molar-refractivity contribution is 0.464. The Morgan fingerprint density at radius 1 is 0.388 bits per heavy atom. The van der Waals surface area contributed by atoms with Gasteiger partial charge in [0, 0.05) is 61.5 Å². The van der Waals surface area contributed by atoms with E-state index in [0.29, 0.717) is 0 Å². The molecular formula is C61H41BN2O3. The first-order valence-electron chi connectivity index (χ1n) is 23.0. The maximum absolute atomic E-state index is 6.97. The lowest BCUT2D eigenvalue weighted by atomic mass is 9.34. The molecule has 67 heavy (non-hydrogen) atoms. The van der Waals surface area contributed by atoms with E-state index >= 15 is 0 Å². The number of hydrogen-bond acceptors (Lipinski definition) is 5. The lowest BCUT2D eigenvalue weighted by Gasteiger charge is -2.34. The van der Waals surface area contributed by atoms with Crippen LogP contribution in [0.2, 0.25) is 0 Å². The average molecular weight is 861 g/mol. The van der Waals surface area contributed by atoms with Gasteiger partial charge in [0.1, 0.15) is 34.2 Å². The summed E-state index contributed by atoms with van der Waals surface area (Å²) in [7, 11) is 0. The molecule has 0 saturated carbocycles. The number of benzene rings is 10. The maximum atomic E-state index is 6.97. The van der Waals surface area contributed by atoms with E-state index in [1.807, 2.05) is 18.2 Å². The van der Waals surface area contributed by atoms with E-state index in [9.17, 15) is 0 Å². The molecule has 0 atom stereocenters. The number of furan rings is 1. The molecule has 14 rings (SSSR count). The standard InChI is InChI=1S/C61H41BN2O3/c1-61(2)48-35-50-58(34-47(48)59-45-27-16-15-26-43(45)52(36-49(59)61)64(40-22-11-5-12-23-40)41-24-13-6-14-25-41)66-54-29-17-28-53-60(54)62(50)51-37-56-46(33-57(51)65-53)44-31-30-42(32-55(44)67-56)63(38-18-7-3-8-19-38)39-20-9-4-10-21-39/h3-37H,1-2H3. The third-order valence-electron chi connectivity index (χ3n) is 14.3. The van der Waals surface area contributed by atoms with Gasteiger partial charge in [-0.3, -0.25) is 0 Å².